The van der Waals surface area contributed by atoms with Crippen molar-refractivity contribution in [3.05, 3.63) is 53.6 Å². The molecule has 0 aliphatic rings. The third kappa shape index (κ3) is 3.73. The van der Waals surface area contributed by atoms with Gasteiger partial charge >= 0.3 is 12.0 Å². The third-order valence-corrected chi connectivity index (χ3v) is 2.79. The fourth-order valence-electron chi connectivity index (χ4n) is 1.74. The molecule has 21 heavy (non-hydrogen) atoms. The molecular weight excluding hydrogens is 272 g/mol. The first-order valence-corrected chi connectivity index (χ1v) is 6.16. The van der Waals surface area contributed by atoms with Gasteiger partial charge in [0.2, 0.25) is 0 Å². The molecule has 0 bridgehead atoms. The van der Waals surface area contributed by atoms with E-state index >= 15 is 0 Å². The van der Waals surface area contributed by atoms with Gasteiger partial charge in [-0.3, -0.25) is 0 Å². The van der Waals surface area contributed by atoms with Gasteiger partial charge in [-0.05, 0) is 37.3 Å². The zero-order valence-electron chi connectivity index (χ0n) is 11.3. The SMILES string of the molecule is Cc1ccc(NC(=O)Nc2ccc(O)cc2C(=O)O)cc1. The lowest BCUT2D eigenvalue weighted by molar-refractivity contribution is 0.0697. The number of anilines is 2. The Bertz CT molecular complexity index is 681. The summed E-state index contributed by atoms with van der Waals surface area (Å²) in [6.45, 7) is 1.93. The molecule has 0 aromatic heterocycles. The topological polar surface area (TPSA) is 98.7 Å². The van der Waals surface area contributed by atoms with Crippen LogP contribution >= 0.6 is 0 Å². The number of nitrogens with one attached hydrogen (secondary N) is 2. The summed E-state index contributed by atoms with van der Waals surface area (Å²) in [7, 11) is 0. The van der Waals surface area contributed by atoms with Crippen molar-refractivity contribution in [3.63, 3.8) is 0 Å². The van der Waals surface area contributed by atoms with E-state index in [-0.39, 0.29) is 17.0 Å². The van der Waals surface area contributed by atoms with Gasteiger partial charge in [0.25, 0.3) is 0 Å². The van der Waals surface area contributed by atoms with E-state index in [1.807, 2.05) is 19.1 Å². The molecular formula is C15H14N2O4. The molecule has 0 unspecified atom stereocenters. The summed E-state index contributed by atoms with van der Waals surface area (Å²) in [6.07, 6.45) is 0. The van der Waals surface area contributed by atoms with Crippen LogP contribution in [-0.2, 0) is 0 Å². The number of phenols is 1. The van der Waals surface area contributed by atoms with Crippen LogP contribution in [0.3, 0.4) is 0 Å². The number of benzene rings is 2. The molecule has 0 spiro atoms. The maximum Gasteiger partial charge on any atom is 0.337 e. The number of rotatable bonds is 3. The normalized spacial score (nSPS) is 9.95. The molecule has 2 rings (SSSR count). The zero-order chi connectivity index (χ0) is 15.4. The third-order valence-electron chi connectivity index (χ3n) is 2.79. The molecule has 0 aliphatic heterocycles. The summed E-state index contributed by atoms with van der Waals surface area (Å²) in [5, 5.41) is 23.4. The van der Waals surface area contributed by atoms with Gasteiger partial charge in [0.15, 0.2) is 0 Å². The number of aromatic hydroxyl groups is 1. The monoisotopic (exact) mass is 286 g/mol. The summed E-state index contributed by atoms with van der Waals surface area (Å²) in [5.41, 5.74) is 1.57. The summed E-state index contributed by atoms with van der Waals surface area (Å²) in [4.78, 5) is 22.9. The van der Waals surface area contributed by atoms with Crippen LogP contribution in [0.25, 0.3) is 0 Å². The van der Waals surface area contributed by atoms with Crippen molar-refractivity contribution in [2.45, 2.75) is 6.92 Å². The minimum absolute atomic E-state index is 0.102. The van der Waals surface area contributed by atoms with Crippen LogP contribution in [0, 0.1) is 6.92 Å². The molecule has 6 nitrogen and oxygen atoms in total. The Kier molecular flexibility index (Phi) is 4.08. The van der Waals surface area contributed by atoms with Crippen molar-refractivity contribution >= 4 is 23.4 Å². The zero-order valence-corrected chi connectivity index (χ0v) is 11.3. The Balaban J connectivity index is 2.12. The number of aromatic carboxylic acids is 1. The van der Waals surface area contributed by atoms with E-state index in [1.165, 1.54) is 12.1 Å². The van der Waals surface area contributed by atoms with Gasteiger partial charge in [-0.2, -0.15) is 0 Å². The highest BCUT2D eigenvalue weighted by Crippen LogP contribution is 2.21. The lowest BCUT2D eigenvalue weighted by Crippen LogP contribution is -2.20. The average Bonchev–Trinajstić information content (AvgIpc) is 2.43. The summed E-state index contributed by atoms with van der Waals surface area (Å²) >= 11 is 0. The smallest absolute Gasteiger partial charge is 0.337 e. The van der Waals surface area contributed by atoms with E-state index in [4.69, 9.17) is 5.11 Å². The molecule has 2 aromatic rings. The van der Waals surface area contributed by atoms with Gasteiger partial charge in [0.1, 0.15) is 5.75 Å². The van der Waals surface area contributed by atoms with Gasteiger partial charge < -0.3 is 20.8 Å². The number of aryl methyl sites for hydroxylation is 1. The summed E-state index contributed by atoms with van der Waals surface area (Å²) in [5.74, 6) is -1.42. The Morgan fingerprint density at radius 1 is 1.00 bits per heavy atom. The van der Waals surface area contributed by atoms with Crippen molar-refractivity contribution < 1.29 is 19.8 Å². The lowest BCUT2D eigenvalue weighted by atomic mass is 10.1. The van der Waals surface area contributed by atoms with Crippen LogP contribution in [-0.4, -0.2) is 22.2 Å². The molecule has 0 saturated carbocycles. The van der Waals surface area contributed by atoms with E-state index in [0.29, 0.717) is 5.69 Å². The van der Waals surface area contributed by atoms with Gasteiger partial charge in [0.05, 0.1) is 11.3 Å². The largest absolute Gasteiger partial charge is 0.508 e. The number of hydrogen-bond donors (Lipinski definition) is 4. The molecule has 2 aromatic carbocycles. The van der Waals surface area contributed by atoms with Crippen LogP contribution < -0.4 is 10.6 Å². The van der Waals surface area contributed by atoms with Crippen LogP contribution in [0.5, 0.6) is 5.75 Å². The van der Waals surface area contributed by atoms with Gasteiger partial charge in [-0.15, -0.1) is 0 Å². The van der Waals surface area contributed by atoms with E-state index in [0.717, 1.165) is 11.6 Å². The average molecular weight is 286 g/mol. The molecule has 0 radical (unpaired) electrons. The molecule has 0 atom stereocenters. The lowest BCUT2D eigenvalue weighted by Gasteiger charge is -2.10. The van der Waals surface area contributed by atoms with Gasteiger partial charge in [-0.1, -0.05) is 17.7 Å². The molecule has 4 N–H and O–H groups in total. The van der Waals surface area contributed by atoms with Crippen molar-refractivity contribution in [2.75, 3.05) is 10.6 Å². The Hall–Kier alpha value is -3.02. The van der Waals surface area contributed by atoms with E-state index < -0.39 is 12.0 Å². The molecule has 108 valence electrons. The highest BCUT2D eigenvalue weighted by Gasteiger charge is 2.13. The highest BCUT2D eigenvalue weighted by molar-refractivity contribution is 6.04. The Morgan fingerprint density at radius 2 is 1.67 bits per heavy atom. The number of amides is 2. The standard InChI is InChI=1S/C15H14N2O4/c1-9-2-4-10(5-3-9)16-15(21)17-13-7-6-11(18)8-12(13)14(19)20/h2-8,18H,1H3,(H,19,20)(H2,16,17,21). The van der Waals surface area contributed by atoms with Crippen LogP contribution in [0.2, 0.25) is 0 Å². The van der Waals surface area contributed by atoms with Gasteiger partial charge in [0, 0.05) is 5.69 Å². The second-order valence-electron chi connectivity index (χ2n) is 4.48. The number of carbonyl (C=O) groups excluding carboxylic acids is 1. The molecule has 0 aliphatic carbocycles. The first kappa shape index (κ1) is 14.4. The Labute approximate surface area is 121 Å². The maximum absolute atomic E-state index is 11.8. The van der Waals surface area contributed by atoms with Crippen molar-refractivity contribution in [1.29, 1.82) is 0 Å². The molecule has 2 amide bonds. The number of hydrogen-bond acceptors (Lipinski definition) is 3. The second kappa shape index (κ2) is 5.96. The highest BCUT2D eigenvalue weighted by atomic mass is 16.4. The van der Waals surface area contributed by atoms with Gasteiger partial charge in [-0.25, -0.2) is 9.59 Å². The molecule has 6 heteroatoms. The summed E-state index contributed by atoms with van der Waals surface area (Å²) < 4.78 is 0. The number of carbonyl (C=O) groups is 2. The molecule has 0 heterocycles. The Morgan fingerprint density at radius 3 is 2.29 bits per heavy atom. The van der Waals surface area contributed by atoms with Crippen molar-refractivity contribution in [2.24, 2.45) is 0 Å². The minimum Gasteiger partial charge on any atom is -0.508 e. The van der Waals surface area contributed by atoms with Crippen molar-refractivity contribution in [1.82, 2.24) is 0 Å². The summed E-state index contributed by atoms with van der Waals surface area (Å²) in [6, 6.07) is 10.3. The fraction of sp³-hybridized carbons (Fsp3) is 0.0667. The number of urea groups is 1. The number of carboxylic acids is 1. The van der Waals surface area contributed by atoms with Crippen LogP contribution in [0.4, 0.5) is 16.2 Å². The van der Waals surface area contributed by atoms with Crippen LogP contribution in [0.1, 0.15) is 15.9 Å². The number of phenolic OH excluding ortho intramolecular Hbond substituents is 1. The molecule has 0 fully saturated rings. The first-order chi connectivity index (χ1) is 9.95. The fourth-order valence-corrected chi connectivity index (χ4v) is 1.74. The number of carboxylic acid groups (broad SMARTS) is 1. The maximum atomic E-state index is 11.8. The van der Waals surface area contributed by atoms with Crippen LogP contribution in [0.15, 0.2) is 42.5 Å². The molecule has 0 saturated heterocycles. The quantitative estimate of drug-likeness (QED) is 0.652. The van der Waals surface area contributed by atoms with E-state index in [9.17, 15) is 14.7 Å². The minimum atomic E-state index is -1.24. The predicted molar refractivity (Wildman–Crippen MR) is 78.9 cm³/mol. The second-order valence-corrected chi connectivity index (χ2v) is 4.48. The van der Waals surface area contributed by atoms with E-state index in [1.54, 1.807) is 12.1 Å². The van der Waals surface area contributed by atoms with Crippen molar-refractivity contribution in [3.8, 4) is 5.75 Å². The first-order valence-electron chi connectivity index (χ1n) is 6.16. The van der Waals surface area contributed by atoms with E-state index in [2.05, 4.69) is 10.6 Å². The predicted octanol–water partition coefficient (Wildman–Crippen LogP) is 3.04.